The number of sulfonamides is 1. The summed E-state index contributed by atoms with van der Waals surface area (Å²) in [5.41, 5.74) is 2.66. The summed E-state index contributed by atoms with van der Waals surface area (Å²) in [7, 11) is -3.73. The second kappa shape index (κ2) is 7.05. The molecule has 0 saturated carbocycles. The second-order valence-electron chi connectivity index (χ2n) is 6.11. The standard InChI is InChI=1S/C18H22N2O3S/c1-12(2)18(21)19-16-10-7-14(4)11-17(16)20-24(22,23)15-8-5-13(3)6-9-15/h5-12,20H,1-4H3,(H,19,21). The van der Waals surface area contributed by atoms with E-state index in [4.69, 9.17) is 0 Å². The summed E-state index contributed by atoms with van der Waals surface area (Å²) >= 11 is 0. The van der Waals surface area contributed by atoms with Gasteiger partial charge in [0.25, 0.3) is 10.0 Å². The van der Waals surface area contributed by atoms with Crippen molar-refractivity contribution in [2.45, 2.75) is 32.6 Å². The molecule has 24 heavy (non-hydrogen) atoms. The number of benzene rings is 2. The van der Waals surface area contributed by atoms with Gasteiger partial charge in [-0.05, 0) is 43.7 Å². The number of hydrogen-bond acceptors (Lipinski definition) is 3. The Morgan fingerprint density at radius 3 is 2.08 bits per heavy atom. The van der Waals surface area contributed by atoms with E-state index in [2.05, 4.69) is 10.0 Å². The minimum Gasteiger partial charge on any atom is -0.324 e. The summed E-state index contributed by atoms with van der Waals surface area (Å²) in [4.78, 5) is 12.1. The van der Waals surface area contributed by atoms with E-state index in [0.29, 0.717) is 11.4 Å². The maximum absolute atomic E-state index is 12.6. The van der Waals surface area contributed by atoms with Gasteiger partial charge in [-0.1, -0.05) is 37.6 Å². The van der Waals surface area contributed by atoms with Gasteiger partial charge in [0.1, 0.15) is 0 Å². The molecule has 6 heteroatoms. The zero-order valence-electron chi connectivity index (χ0n) is 14.3. The molecule has 0 aliphatic rings. The molecule has 0 fully saturated rings. The largest absolute Gasteiger partial charge is 0.324 e. The summed E-state index contributed by atoms with van der Waals surface area (Å²) in [5, 5.41) is 2.75. The molecule has 2 aromatic rings. The Bertz CT molecular complexity index is 841. The van der Waals surface area contributed by atoms with Crippen LogP contribution in [0.5, 0.6) is 0 Å². The fraction of sp³-hybridized carbons (Fsp3) is 0.278. The highest BCUT2D eigenvalue weighted by atomic mass is 32.2. The van der Waals surface area contributed by atoms with E-state index in [-0.39, 0.29) is 16.7 Å². The van der Waals surface area contributed by atoms with Crippen molar-refractivity contribution in [3.63, 3.8) is 0 Å². The summed E-state index contributed by atoms with van der Waals surface area (Å²) < 4.78 is 27.7. The summed E-state index contributed by atoms with van der Waals surface area (Å²) in [6.07, 6.45) is 0. The van der Waals surface area contributed by atoms with Gasteiger partial charge in [-0.25, -0.2) is 8.42 Å². The normalized spacial score (nSPS) is 11.4. The Labute approximate surface area is 143 Å². The number of carbonyl (C=O) groups is 1. The van der Waals surface area contributed by atoms with Crippen molar-refractivity contribution < 1.29 is 13.2 Å². The van der Waals surface area contributed by atoms with Crippen LogP contribution in [-0.4, -0.2) is 14.3 Å². The van der Waals surface area contributed by atoms with Crippen molar-refractivity contribution in [1.82, 2.24) is 0 Å². The number of hydrogen-bond donors (Lipinski definition) is 2. The first-order valence-electron chi connectivity index (χ1n) is 7.70. The Morgan fingerprint density at radius 1 is 0.917 bits per heavy atom. The van der Waals surface area contributed by atoms with E-state index >= 15 is 0 Å². The first-order chi connectivity index (χ1) is 11.2. The molecule has 0 aliphatic carbocycles. The topological polar surface area (TPSA) is 75.3 Å². The van der Waals surface area contributed by atoms with Crippen LogP contribution in [-0.2, 0) is 14.8 Å². The molecule has 128 valence electrons. The maximum atomic E-state index is 12.6. The maximum Gasteiger partial charge on any atom is 0.261 e. The predicted octanol–water partition coefficient (Wildman–Crippen LogP) is 3.70. The smallest absolute Gasteiger partial charge is 0.261 e. The van der Waals surface area contributed by atoms with Gasteiger partial charge in [0.05, 0.1) is 16.3 Å². The van der Waals surface area contributed by atoms with Crippen LogP contribution in [0, 0.1) is 19.8 Å². The molecule has 0 aromatic heterocycles. The molecule has 0 aliphatic heterocycles. The van der Waals surface area contributed by atoms with Crippen molar-refractivity contribution >= 4 is 27.3 Å². The van der Waals surface area contributed by atoms with E-state index in [9.17, 15) is 13.2 Å². The second-order valence-corrected chi connectivity index (χ2v) is 7.79. The van der Waals surface area contributed by atoms with Gasteiger partial charge in [-0.2, -0.15) is 0 Å². The van der Waals surface area contributed by atoms with Crippen molar-refractivity contribution in [3.05, 3.63) is 53.6 Å². The molecular weight excluding hydrogens is 324 g/mol. The third-order valence-electron chi connectivity index (χ3n) is 3.53. The number of nitrogens with one attached hydrogen (secondary N) is 2. The number of rotatable bonds is 5. The molecule has 0 atom stereocenters. The monoisotopic (exact) mass is 346 g/mol. The van der Waals surface area contributed by atoms with Crippen LogP contribution >= 0.6 is 0 Å². The van der Waals surface area contributed by atoms with E-state index in [1.807, 2.05) is 19.9 Å². The van der Waals surface area contributed by atoms with E-state index in [1.54, 1.807) is 50.2 Å². The van der Waals surface area contributed by atoms with Crippen molar-refractivity contribution in [2.24, 2.45) is 5.92 Å². The first-order valence-corrected chi connectivity index (χ1v) is 9.18. The molecular formula is C18H22N2O3S. The fourth-order valence-corrected chi connectivity index (χ4v) is 3.12. The van der Waals surface area contributed by atoms with Crippen LogP contribution in [0.25, 0.3) is 0 Å². The fourth-order valence-electron chi connectivity index (χ4n) is 2.05. The van der Waals surface area contributed by atoms with Gasteiger partial charge in [0.2, 0.25) is 5.91 Å². The van der Waals surface area contributed by atoms with Gasteiger partial charge >= 0.3 is 0 Å². The van der Waals surface area contributed by atoms with Gasteiger partial charge < -0.3 is 5.32 Å². The molecule has 0 heterocycles. The lowest BCUT2D eigenvalue weighted by Crippen LogP contribution is -2.20. The Morgan fingerprint density at radius 2 is 1.50 bits per heavy atom. The Kier molecular flexibility index (Phi) is 5.29. The summed E-state index contributed by atoms with van der Waals surface area (Å²) in [6, 6.07) is 11.8. The zero-order chi connectivity index (χ0) is 17.9. The van der Waals surface area contributed by atoms with Crippen molar-refractivity contribution in [1.29, 1.82) is 0 Å². The van der Waals surface area contributed by atoms with Crippen LogP contribution < -0.4 is 10.0 Å². The SMILES string of the molecule is Cc1ccc(S(=O)(=O)Nc2cc(C)ccc2NC(=O)C(C)C)cc1. The van der Waals surface area contributed by atoms with Crippen LogP contribution in [0.3, 0.4) is 0 Å². The molecule has 2 rings (SSSR count). The predicted molar refractivity (Wildman–Crippen MR) is 96.6 cm³/mol. The summed E-state index contributed by atoms with van der Waals surface area (Å²) in [6.45, 7) is 7.31. The zero-order valence-corrected chi connectivity index (χ0v) is 15.1. The minimum atomic E-state index is -3.73. The van der Waals surface area contributed by atoms with Gasteiger partial charge in [0.15, 0.2) is 0 Å². The summed E-state index contributed by atoms with van der Waals surface area (Å²) in [5.74, 6) is -0.373. The molecule has 2 aromatic carbocycles. The third kappa shape index (κ3) is 4.35. The number of amides is 1. The lowest BCUT2D eigenvalue weighted by molar-refractivity contribution is -0.118. The Balaban J connectivity index is 2.35. The molecule has 0 radical (unpaired) electrons. The van der Waals surface area contributed by atoms with Crippen LogP contribution in [0.15, 0.2) is 47.4 Å². The van der Waals surface area contributed by atoms with Gasteiger partial charge in [-0.3, -0.25) is 9.52 Å². The van der Waals surface area contributed by atoms with Gasteiger partial charge in [-0.15, -0.1) is 0 Å². The lowest BCUT2D eigenvalue weighted by Gasteiger charge is -2.15. The lowest BCUT2D eigenvalue weighted by atomic mass is 10.1. The highest BCUT2D eigenvalue weighted by molar-refractivity contribution is 7.92. The average molecular weight is 346 g/mol. The van der Waals surface area contributed by atoms with E-state index < -0.39 is 10.0 Å². The number of carbonyl (C=O) groups excluding carboxylic acids is 1. The van der Waals surface area contributed by atoms with E-state index in [1.165, 1.54) is 0 Å². The Hall–Kier alpha value is -2.34. The third-order valence-corrected chi connectivity index (χ3v) is 4.91. The molecule has 0 saturated heterocycles. The van der Waals surface area contributed by atoms with Crippen molar-refractivity contribution in [3.8, 4) is 0 Å². The quantitative estimate of drug-likeness (QED) is 0.867. The molecule has 5 nitrogen and oxygen atoms in total. The molecule has 0 unspecified atom stereocenters. The highest BCUT2D eigenvalue weighted by Gasteiger charge is 2.17. The van der Waals surface area contributed by atoms with Crippen LogP contribution in [0.1, 0.15) is 25.0 Å². The molecule has 2 N–H and O–H groups in total. The average Bonchev–Trinajstić information content (AvgIpc) is 2.50. The van der Waals surface area contributed by atoms with Crippen LogP contribution in [0.4, 0.5) is 11.4 Å². The molecule has 0 bridgehead atoms. The minimum absolute atomic E-state index is 0.172. The molecule has 1 amide bonds. The van der Waals surface area contributed by atoms with Gasteiger partial charge in [0, 0.05) is 5.92 Å². The highest BCUT2D eigenvalue weighted by Crippen LogP contribution is 2.26. The van der Waals surface area contributed by atoms with E-state index in [0.717, 1.165) is 11.1 Å². The van der Waals surface area contributed by atoms with Crippen molar-refractivity contribution in [2.75, 3.05) is 10.0 Å². The number of aryl methyl sites for hydroxylation is 2. The van der Waals surface area contributed by atoms with Crippen LogP contribution in [0.2, 0.25) is 0 Å². The number of anilines is 2. The first kappa shape index (κ1) is 18.0. The molecule has 0 spiro atoms.